The Kier molecular flexibility index (Phi) is 7.91. The Hall–Kier alpha value is -3.75. The molecule has 0 aliphatic carbocycles. The van der Waals surface area contributed by atoms with Crippen LogP contribution in [0.25, 0.3) is 0 Å². The van der Waals surface area contributed by atoms with Crippen LogP contribution in [-0.2, 0) is 9.59 Å². The minimum Gasteiger partial charge on any atom is -0.490 e. The topological polar surface area (TPSA) is 109 Å². The summed E-state index contributed by atoms with van der Waals surface area (Å²) < 4.78 is 11.0. The van der Waals surface area contributed by atoms with Crippen molar-refractivity contribution >= 4 is 29.1 Å². The lowest BCUT2D eigenvalue weighted by atomic mass is 10.2. The van der Waals surface area contributed by atoms with E-state index in [2.05, 4.69) is 16.0 Å². The Bertz CT molecular complexity index is 961. The van der Waals surface area contributed by atoms with Crippen LogP contribution in [0, 0.1) is 0 Å². The first kappa shape index (κ1) is 22.9. The summed E-state index contributed by atoms with van der Waals surface area (Å²) in [4.78, 5) is 38.2. The second-order valence-electron chi connectivity index (χ2n) is 7.08. The molecule has 1 fully saturated rings. The van der Waals surface area contributed by atoms with E-state index in [9.17, 15) is 14.4 Å². The lowest BCUT2D eigenvalue weighted by Gasteiger charge is -2.28. The average molecular weight is 441 g/mol. The lowest BCUT2D eigenvalue weighted by molar-refractivity contribution is -0.120. The zero-order chi connectivity index (χ0) is 22.9. The lowest BCUT2D eigenvalue weighted by Crippen LogP contribution is -2.47. The van der Waals surface area contributed by atoms with Gasteiger partial charge in [0.05, 0.1) is 26.3 Å². The van der Waals surface area contributed by atoms with E-state index in [1.807, 2.05) is 30.9 Å². The van der Waals surface area contributed by atoms with E-state index in [1.165, 1.54) is 0 Å². The number of rotatable bonds is 9. The molecule has 0 aromatic heterocycles. The number of hydrogen-bond acceptors (Lipinski definition) is 6. The van der Waals surface area contributed by atoms with Gasteiger partial charge in [-0.05, 0) is 56.3 Å². The summed E-state index contributed by atoms with van der Waals surface area (Å²) in [6, 6.07) is 12.1. The number of carbonyl (C=O) groups excluding carboxylic acids is 3. The number of piperazine rings is 1. The molecule has 0 spiro atoms. The van der Waals surface area contributed by atoms with Gasteiger partial charge in [0, 0.05) is 30.0 Å². The van der Waals surface area contributed by atoms with Gasteiger partial charge in [0.15, 0.2) is 11.5 Å². The standard InChI is InChI=1S/C23H28N4O5/c1-3-31-19-10-5-16(13-20(19)32-4-2)23(30)25-14-21(28)26-17-6-8-18(9-7-17)27-12-11-24-22(29)15-27/h5-10,13H,3-4,11-12,14-15H2,1-2H3,(H,24,29)(H,25,30)(H,26,28). The second-order valence-corrected chi connectivity index (χ2v) is 7.08. The molecule has 170 valence electrons. The van der Waals surface area contributed by atoms with Crippen LogP contribution in [0.2, 0.25) is 0 Å². The molecule has 1 heterocycles. The minimum absolute atomic E-state index is 0.00900. The van der Waals surface area contributed by atoms with Crippen molar-refractivity contribution in [1.29, 1.82) is 0 Å². The molecule has 1 saturated heterocycles. The maximum Gasteiger partial charge on any atom is 0.251 e. The van der Waals surface area contributed by atoms with E-state index in [-0.39, 0.29) is 24.3 Å². The second kappa shape index (κ2) is 11.0. The van der Waals surface area contributed by atoms with E-state index < -0.39 is 0 Å². The largest absolute Gasteiger partial charge is 0.490 e. The van der Waals surface area contributed by atoms with E-state index in [1.54, 1.807) is 30.3 Å². The van der Waals surface area contributed by atoms with Crippen molar-refractivity contribution in [3.8, 4) is 11.5 Å². The molecule has 3 amide bonds. The number of carbonyl (C=O) groups is 3. The number of nitrogens with one attached hydrogen (secondary N) is 3. The van der Waals surface area contributed by atoms with Gasteiger partial charge in [-0.3, -0.25) is 14.4 Å². The predicted octanol–water partition coefficient (Wildman–Crippen LogP) is 1.79. The highest BCUT2D eigenvalue weighted by Gasteiger charge is 2.16. The summed E-state index contributed by atoms with van der Waals surface area (Å²) >= 11 is 0. The number of ether oxygens (including phenoxy) is 2. The first-order valence-corrected chi connectivity index (χ1v) is 10.6. The molecule has 0 radical (unpaired) electrons. The fraction of sp³-hybridized carbons (Fsp3) is 0.348. The predicted molar refractivity (Wildman–Crippen MR) is 121 cm³/mol. The smallest absolute Gasteiger partial charge is 0.251 e. The molecule has 0 atom stereocenters. The molecule has 0 unspecified atom stereocenters. The molecule has 2 aromatic rings. The van der Waals surface area contributed by atoms with E-state index in [0.717, 1.165) is 12.2 Å². The summed E-state index contributed by atoms with van der Waals surface area (Å²) in [6.45, 7) is 6.13. The van der Waals surface area contributed by atoms with Crippen molar-refractivity contribution in [3.05, 3.63) is 48.0 Å². The Balaban J connectivity index is 1.52. The van der Waals surface area contributed by atoms with Gasteiger partial charge < -0.3 is 30.3 Å². The van der Waals surface area contributed by atoms with Crippen LogP contribution in [-0.4, -0.2) is 57.1 Å². The summed E-state index contributed by atoms with van der Waals surface area (Å²) in [7, 11) is 0. The van der Waals surface area contributed by atoms with Crippen LogP contribution in [0.5, 0.6) is 11.5 Å². The first-order valence-electron chi connectivity index (χ1n) is 10.6. The highest BCUT2D eigenvalue weighted by Crippen LogP contribution is 2.28. The molecule has 3 N–H and O–H groups in total. The van der Waals surface area contributed by atoms with E-state index in [0.29, 0.717) is 49.1 Å². The van der Waals surface area contributed by atoms with Gasteiger partial charge in [0.25, 0.3) is 5.91 Å². The summed E-state index contributed by atoms with van der Waals surface area (Å²) in [5, 5.41) is 8.14. The van der Waals surface area contributed by atoms with Crippen LogP contribution in [0.4, 0.5) is 11.4 Å². The number of amides is 3. The quantitative estimate of drug-likeness (QED) is 0.549. The normalized spacial score (nSPS) is 13.2. The Labute approximate surface area is 187 Å². The van der Waals surface area contributed by atoms with Gasteiger partial charge in [-0.25, -0.2) is 0 Å². The number of anilines is 2. The molecule has 3 rings (SSSR count). The van der Waals surface area contributed by atoms with Crippen molar-refractivity contribution in [2.24, 2.45) is 0 Å². The zero-order valence-corrected chi connectivity index (χ0v) is 18.3. The van der Waals surface area contributed by atoms with E-state index >= 15 is 0 Å². The van der Waals surface area contributed by atoms with Gasteiger partial charge >= 0.3 is 0 Å². The van der Waals surface area contributed by atoms with E-state index in [4.69, 9.17) is 9.47 Å². The monoisotopic (exact) mass is 440 g/mol. The van der Waals surface area contributed by atoms with Gasteiger partial charge in [0.1, 0.15) is 0 Å². The Morgan fingerprint density at radius 3 is 2.44 bits per heavy atom. The van der Waals surface area contributed by atoms with Gasteiger partial charge in [-0.15, -0.1) is 0 Å². The third-order valence-corrected chi connectivity index (χ3v) is 4.77. The maximum atomic E-state index is 12.4. The average Bonchev–Trinajstić information content (AvgIpc) is 2.79. The van der Waals surface area contributed by atoms with Gasteiger partial charge in [-0.2, -0.15) is 0 Å². The first-order chi connectivity index (χ1) is 15.5. The van der Waals surface area contributed by atoms with Crippen LogP contribution in [0.3, 0.4) is 0 Å². The number of hydrogen-bond donors (Lipinski definition) is 3. The van der Waals surface area contributed by atoms with Crippen LogP contribution in [0.15, 0.2) is 42.5 Å². The molecule has 9 nitrogen and oxygen atoms in total. The fourth-order valence-electron chi connectivity index (χ4n) is 3.27. The minimum atomic E-state index is -0.386. The third-order valence-electron chi connectivity index (χ3n) is 4.77. The fourth-order valence-corrected chi connectivity index (χ4v) is 3.27. The molecule has 0 saturated carbocycles. The number of nitrogens with zero attached hydrogens (tertiary/aromatic N) is 1. The summed E-state index contributed by atoms with van der Waals surface area (Å²) in [5.74, 6) is 0.308. The van der Waals surface area contributed by atoms with Crippen LogP contribution >= 0.6 is 0 Å². The van der Waals surface area contributed by atoms with Crippen molar-refractivity contribution in [1.82, 2.24) is 10.6 Å². The third kappa shape index (κ3) is 6.13. The summed E-state index contributed by atoms with van der Waals surface area (Å²) in [5.41, 5.74) is 1.89. The molecular formula is C23H28N4O5. The maximum absolute atomic E-state index is 12.4. The Morgan fingerprint density at radius 1 is 1.03 bits per heavy atom. The SMILES string of the molecule is CCOc1ccc(C(=O)NCC(=O)Nc2ccc(N3CCNC(=O)C3)cc2)cc1OCC. The van der Waals surface area contributed by atoms with Crippen molar-refractivity contribution < 1.29 is 23.9 Å². The molecular weight excluding hydrogens is 412 g/mol. The molecule has 9 heteroatoms. The molecule has 1 aliphatic heterocycles. The van der Waals surface area contributed by atoms with Crippen LogP contribution in [0.1, 0.15) is 24.2 Å². The van der Waals surface area contributed by atoms with Crippen molar-refractivity contribution in [2.75, 3.05) is 49.6 Å². The van der Waals surface area contributed by atoms with Crippen LogP contribution < -0.4 is 30.3 Å². The molecule has 2 aromatic carbocycles. The molecule has 32 heavy (non-hydrogen) atoms. The zero-order valence-electron chi connectivity index (χ0n) is 18.3. The van der Waals surface area contributed by atoms with Gasteiger partial charge in [-0.1, -0.05) is 0 Å². The summed E-state index contributed by atoms with van der Waals surface area (Å²) in [6.07, 6.45) is 0. The number of benzene rings is 2. The van der Waals surface area contributed by atoms with Crippen molar-refractivity contribution in [3.63, 3.8) is 0 Å². The molecule has 0 bridgehead atoms. The highest BCUT2D eigenvalue weighted by molar-refractivity contribution is 5.99. The van der Waals surface area contributed by atoms with Crippen molar-refractivity contribution in [2.45, 2.75) is 13.8 Å². The molecule has 1 aliphatic rings. The Morgan fingerprint density at radius 2 is 1.75 bits per heavy atom. The highest BCUT2D eigenvalue weighted by atomic mass is 16.5. The van der Waals surface area contributed by atoms with Gasteiger partial charge in [0.2, 0.25) is 11.8 Å².